The number of anilines is 1. The van der Waals surface area contributed by atoms with E-state index in [4.69, 9.17) is 5.11 Å². The van der Waals surface area contributed by atoms with E-state index in [1.807, 2.05) is 0 Å². The lowest BCUT2D eigenvalue weighted by atomic mass is 10.2. The molecular formula is C13H16N2O6. The van der Waals surface area contributed by atoms with Crippen LogP contribution in [0.25, 0.3) is 0 Å². The van der Waals surface area contributed by atoms with Crippen LogP contribution in [0.5, 0.6) is 5.75 Å². The number of likely N-dealkylation sites (N-methyl/N-ethyl adjacent to an activating group) is 1. The second-order valence-corrected chi connectivity index (χ2v) is 4.06. The van der Waals surface area contributed by atoms with Crippen LogP contribution in [-0.2, 0) is 9.53 Å². The first-order valence-electron chi connectivity index (χ1n) is 6.08. The van der Waals surface area contributed by atoms with E-state index >= 15 is 0 Å². The number of hydrogen-bond acceptors (Lipinski definition) is 5. The molecule has 0 aromatic heterocycles. The molecule has 0 saturated carbocycles. The smallest absolute Gasteiger partial charge is 0.335 e. The molecule has 0 radical (unpaired) electrons. The lowest BCUT2D eigenvalue weighted by molar-refractivity contribution is -0.141. The lowest BCUT2D eigenvalue weighted by Crippen LogP contribution is -2.39. The van der Waals surface area contributed by atoms with Crippen molar-refractivity contribution in [3.63, 3.8) is 0 Å². The maximum Gasteiger partial charge on any atom is 0.335 e. The van der Waals surface area contributed by atoms with E-state index in [0.29, 0.717) is 0 Å². The number of amides is 2. The molecule has 1 aromatic carbocycles. The van der Waals surface area contributed by atoms with Crippen molar-refractivity contribution in [1.29, 1.82) is 0 Å². The summed E-state index contributed by atoms with van der Waals surface area (Å²) < 4.78 is 4.47. The summed E-state index contributed by atoms with van der Waals surface area (Å²) in [5.41, 5.74) is -0.0549. The van der Waals surface area contributed by atoms with Gasteiger partial charge in [-0.2, -0.15) is 0 Å². The molecule has 0 heterocycles. The third kappa shape index (κ3) is 4.37. The number of phenolic OH excluding ortho intramolecular Hbond substituents is 1. The molecule has 0 aliphatic heterocycles. The summed E-state index contributed by atoms with van der Waals surface area (Å²) in [5, 5.41) is 20.9. The zero-order valence-electron chi connectivity index (χ0n) is 11.6. The normalized spacial score (nSPS) is 9.81. The number of nitrogens with zero attached hydrogens (tertiary/aromatic N) is 1. The number of carbonyl (C=O) groups excluding carboxylic acids is 2. The van der Waals surface area contributed by atoms with Crippen molar-refractivity contribution in [3.8, 4) is 5.75 Å². The van der Waals surface area contributed by atoms with Crippen molar-refractivity contribution in [3.05, 3.63) is 23.8 Å². The zero-order valence-corrected chi connectivity index (χ0v) is 11.6. The van der Waals surface area contributed by atoms with Gasteiger partial charge >= 0.3 is 18.0 Å². The Morgan fingerprint density at radius 1 is 1.33 bits per heavy atom. The molecule has 0 atom stereocenters. The van der Waals surface area contributed by atoms with Crippen LogP contribution in [0.4, 0.5) is 10.5 Å². The quantitative estimate of drug-likeness (QED) is 0.554. The molecule has 21 heavy (non-hydrogen) atoms. The van der Waals surface area contributed by atoms with Gasteiger partial charge in [0.25, 0.3) is 0 Å². The van der Waals surface area contributed by atoms with Gasteiger partial charge in [-0.3, -0.25) is 4.79 Å². The van der Waals surface area contributed by atoms with Gasteiger partial charge in [-0.05, 0) is 25.1 Å². The fourth-order valence-electron chi connectivity index (χ4n) is 1.51. The molecule has 0 bridgehead atoms. The van der Waals surface area contributed by atoms with Crippen LogP contribution in [0.1, 0.15) is 17.3 Å². The molecule has 0 aliphatic rings. The summed E-state index contributed by atoms with van der Waals surface area (Å²) in [7, 11) is 1.21. The van der Waals surface area contributed by atoms with Gasteiger partial charge in [0.15, 0.2) is 0 Å². The first-order valence-corrected chi connectivity index (χ1v) is 6.08. The number of rotatable bonds is 5. The van der Waals surface area contributed by atoms with Gasteiger partial charge in [-0.1, -0.05) is 0 Å². The van der Waals surface area contributed by atoms with Crippen LogP contribution in [0.3, 0.4) is 0 Å². The molecule has 0 aliphatic carbocycles. The van der Waals surface area contributed by atoms with Crippen molar-refractivity contribution >= 4 is 23.7 Å². The van der Waals surface area contributed by atoms with Crippen molar-refractivity contribution < 1.29 is 29.3 Å². The number of aromatic hydroxyl groups is 1. The molecule has 2 amide bonds. The first-order chi connectivity index (χ1) is 9.88. The number of esters is 1. The second kappa shape index (κ2) is 7.13. The van der Waals surface area contributed by atoms with Gasteiger partial charge in [0.1, 0.15) is 12.3 Å². The SMILES string of the molecule is CCN(CC(=O)OC)C(=O)Nc1ccc(C(=O)O)cc1O. The van der Waals surface area contributed by atoms with Crippen LogP contribution in [-0.4, -0.2) is 53.3 Å². The lowest BCUT2D eigenvalue weighted by Gasteiger charge is -2.20. The van der Waals surface area contributed by atoms with Gasteiger partial charge < -0.3 is 25.2 Å². The maximum atomic E-state index is 11.9. The van der Waals surface area contributed by atoms with Crippen molar-refractivity contribution in [1.82, 2.24) is 4.90 Å². The Labute approximate surface area is 120 Å². The van der Waals surface area contributed by atoms with E-state index in [2.05, 4.69) is 10.1 Å². The average Bonchev–Trinajstić information content (AvgIpc) is 2.46. The molecule has 0 saturated heterocycles. The van der Waals surface area contributed by atoms with Gasteiger partial charge in [-0.15, -0.1) is 0 Å². The maximum absolute atomic E-state index is 11.9. The largest absolute Gasteiger partial charge is 0.506 e. The van der Waals surface area contributed by atoms with Crippen LogP contribution in [0, 0.1) is 0 Å². The van der Waals surface area contributed by atoms with Crippen LogP contribution in [0.2, 0.25) is 0 Å². The number of methoxy groups -OCH3 is 1. The summed E-state index contributed by atoms with van der Waals surface area (Å²) in [6.45, 7) is 1.71. The molecule has 0 unspecified atom stereocenters. The number of carboxylic acid groups (broad SMARTS) is 1. The summed E-state index contributed by atoms with van der Waals surface area (Å²) in [4.78, 5) is 35.0. The summed E-state index contributed by atoms with van der Waals surface area (Å²) in [5.74, 6) is -2.14. The van der Waals surface area contributed by atoms with Crippen molar-refractivity contribution in [2.45, 2.75) is 6.92 Å². The molecule has 8 heteroatoms. The van der Waals surface area contributed by atoms with Crippen LogP contribution in [0.15, 0.2) is 18.2 Å². The molecule has 8 nitrogen and oxygen atoms in total. The molecule has 1 rings (SSSR count). The van der Waals surface area contributed by atoms with E-state index in [9.17, 15) is 19.5 Å². The predicted molar refractivity (Wildman–Crippen MR) is 73.3 cm³/mol. The number of hydrogen-bond donors (Lipinski definition) is 3. The molecule has 114 valence electrons. The Morgan fingerprint density at radius 3 is 2.48 bits per heavy atom. The van der Waals surface area contributed by atoms with E-state index in [0.717, 1.165) is 6.07 Å². The van der Waals surface area contributed by atoms with Crippen LogP contribution < -0.4 is 5.32 Å². The zero-order chi connectivity index (χ0) is 16.0. The minimum absolute atomic E-state index is 0.0494. The minimum Gasteiger partial charge on any atom is -0.506 e. The number of benzene rings is 1. The number of aromatic carboxylic acids is 1. The number of carbonyl (C=O) groups is 3. The van der Waals surface area contributed by atoms with Gasteiger partial charge in [0, 0.05) is 6.54 Å². The fourth-order valence-corrected chi connectivity index (χ4v) is 1.51. The number of urea groups is 1. The standard InChI is InChI=1S/C13H16N2O6/c1-3-15(7-11(17)21-2)13(20)14-9-5-4-8(12(18)19)6-10(9)16/h4-6,16H,3,7H2,1-2H3,(H,14,20)(H,18,19). The van der Waals surface area contributed by atoms with Gasteiger partial charge in [-0.25, -0.2) is 9.59 Å². The second-order valence-electron chi connectivity index (χ2n) is 4.06. The topological polar surface area (TPSA) is 116 Å². The summed E-state index contributed by atoms with van der Waals surface area (Å²) in [6, 6.07) is 2.92. The molecule has 0 spiro atoms. The van der Waals surface area contributed by atoms with E-state index in [1.165, 1.54) is 24.1 Å². The molecule has 3 N–H and O–H groups in total. The molecule has 1 aromatic rings. The molecule has 0 fully saturated rings. The van der Waals surface area contributed by atoms with Crippen molar-refractivity contribution in [2.75, 3.05) is 25.5 Å². The highest BCUT2D eigenvalue weighted by atomic mass is 16.5. The third-order valence-electron chi connectivity index (χ3n) is 2.70. The van der Waals surface area contributed by atoms with Crippen molar-refractivity contribution in [2.24, 2.45) is 0 Å². The summed E-state index contributed by atoms with van der Waals surface area (Å²) in [6.07, 6.45) is 0. The Kier molecular flexibility index (Phi) is 5.53. The van der Waals surface area contributed by atoms with Crippen LogP contribution >= 0.6 is 0 Å². The highest BCUT2D eigenvalue weighted by Gasteiger charge is 2.17. The van der Waals surface area contributed by atoms with Gasteiger partial charge in [0.05, 0.1) is 18.4 Å². The predicted octanol–water partition coefficient (Wildman–Crippen LogP) is 1.12. The number of ether oxygens (including phenoxy) is 1. The Hall–Kier alpha value is -2.77. The summed E-state index contributed by atoms with van der Waals surface area (Å²) >= 11 is 0. The highest BCUT2D eigenvalue weighted by Crippen LogP contribution is 2.24. The monoisotopic (exact) mass is 296 g/mol. The third-order valence-corrected chi connectivity index (χ3v) is 2.70. The fraction of sp³-hybridized carbons (Fsp3) is 0.308. The minimum atomic E-state index is -1.19. The Balaban J connectivity index is 2.82. The number of carboxylic acids is 1. The van der Waals surface area contributed by atoms with E-state index in [1.54, 1.807) is 6.92 Å². The van der Waals surface area contributed by atoms with E-state index < -0.39 is 18.0 Å². The van der Waals surface area contributed by atoms with Gasteiger partial charge in [0.2, 0.25) is 0 Å². The average molecular weight is 296 g/mol. The Bertz CT molecular complexity index is 558. The molecular weight excluding hydrogens is 280 g/mol. The first kappa shape index (κ1) is 16.3. The number of nitrogens with one attached hydrogen (secondary N) is 1. The highest BCUT2D eigenvalue weighted by molar-refractivity contribution is 5.94. The Morgan fingerprint density at radius 2 is 2.00 bits per heavy atom. The van der Waals surface area contributed by atoms with E-state index in [-0.39, 0.29) is 30.1 Å². The number of phenols is 1.